The summed E-state index contributed by atoms with van der Waals surface area (Å²) >= 11 is 0. The third kappa shape index (κ3) is 3.76. The summed E-state index contributed by atoms with van der Waals surface area (Å²) in [6.07, 6.45) is -3.78. The highest BCUT2D eigenvalue weighted by Crippen LogP contribution is 2.39. The van der Waals surface area contributed by atoms with Gasteiger partial charge in [0.25, 0.3) is 5.89 Å². The number of nitriles is 1. The minimum Gasteiger partial charge on any atom is -0.481 e. The van der Waals surface area contributed by atoms with E-state index in [1.54, 1.807) is 18.2 Å². The second kappa shape index (κ2) is 7.37. The standard InChI is InChI=1S/C22H13F3N4O4/c23-22(24,25)32-13-6-10(9-26)5-12(7-13)20-28-19(29-33-20)11-1-4-17-16(8-11)14-2-3-15(21(30)31)18(14)27-17/h1,4-8,15,27H,2-3H2,(H,30,31). The molecule has 1 aliphatic rings. The molecule has 33 heavy (non-hydrogen) atoms. The van der Waals surface area contributed by atoms with Gasteiger partial charge in [-0.05, 0) is 54.8 Å². The van der Waals surface area contributed by atoms with Gasteiger partial charge >= 0.3 is 12.3 Å². The molecule has 0 saturated carbocycles. The zero-order valence-electron chi connectivity index (χ0n) is 16.6. The van der Waals surface area contributed by atoms with Crippen molar-refractivity contribution in [1.82, 2.24) is 15.1 Å². The number of benzene rings is 2. The topological polar surface area (TPSA) is 125 Å². The fourth-order valence-electron chi connectivity index (χ4n) is 4.09. The second-order valence-corrected chi connectivity index (χ2v) is 7.54. The van der Waals surface area contributed by atoms with Gasteiger partial charge in [-0.3, -0.25) is 4.79 Å². The van der Waals surface area contributed by atoms with Gasteiger partial charge in [0.1, 0.15) is 5.75 Å². The van der Waals surface area contributed by atoms with Gasteiger partial charge in [0.05, 0.1) is 17.6 Å². The number of rotatable bonds is 4. The van der Waals surface area contributed by atoms with Gasteiger partial charge in [-0.1, -0.05) is 5.16 Å². The van der Waals surface area contributed by atoms with Crippen LogP contribution in [0.25, 0.3) is 33.7 Å². The van der Waals surface area contributed by atoms with E-state index >= 15 is 0 Å². The first kappa shape index (κ1) is 20.6. The number of carboxylic acids is 1. The van der Waals surface area contributed by atoms with Crippen molar-refractivity contribution in [1.29, 1.82) is 5.26 Å². The summed E-state index contributed by atoms with van der Waals surface area (Å²) < 4.78 is 47.0. The Balaban J connectivity index is 1.51. The van der Waals surface area contributed by atoms with Crippen molar-refractivity contribution >= 4 is 16.9 Å². The summed E-state index contributed by atoms with van der Waals surface area (Å²) in [5.41, 5.74) is 3.02. The number of hydrogen-bond donors (Lipinski definition) is 2. The average molecular weight is 454 g/mol. The molecule has 2 heterocycles. The van der Waals surface area contributed by atoms with Crippen LogP contribution in [-0.4, -0.2) is 32.6 Å². The van der Waals surface area contributed by atoms with Gasteiger partial charge in [-0.15, -0.1) is 13.2 Å². The number of nitrogens with one attached hydrogen (secondary N) is 1. The molecule has 4 aromatic rings. The SMILES string of the molecule is N#Cc1cc(OC(F)(F)F)cc(-c2nc(-c3ccc4[nH]c5c(c4c3)CCC5C(=O)O)no2)c1. The number of halogens is 3. The number of ether oxygens (including phenoxy) is 1. The van der Waals surface area contributed by atoms with Crippen molar-refractivity contribution < 1.29 is 32.3 Å². The number of aryl methyl sites for hydroxylation is 1. The van der Waals surface area contributed by atoms with E-state index in [2.05, 4.69) is 19.9 Å². The van der Waals surface area contributed by atoms with E-state index in [4.69, 9.17) is 9.78 Å². The van der Waals surface area contributed by atoms with Gasteiger partial charge in [-0.2, -0.15) is 10.2 Å². The van der Waals surface area contributed by atoms with Gasteiger partial charge in [0.15, 0.2) is 0 Å². The van der Waals surface area contributed by atoms with Gasteiger partial charge in [0, 0.05) is 27.7 Å². The molecular formula is C22H13F3N4O4. The first-order chi connectivity index (χ1) is 15.7. The molecule has 2 aromatic heterocycles. The highest BCUT2D eigenvalue weighted by Gasteiger charge is 2.32. The van der Waals surface area contributed by atoms with Crippen LogP contribution >= 0.6 is 0 Å². The smallest absolute Gasteiger partial charge is 0.481 e. The summed E-state index contributed by atoms with van der Waals surface area (Å²) in [5, 5.41) is 23.3. The van der Waals surface area contributed by atoms with E-state index in [1.807, 2.05) is 6.07 Å². The van der Waals surface area contributed by atoms with Crippen molar-refractivity contribution in [2.75, 3.05) is 0 Å². The molecule has 166 valence electrons. The number of carboxylic acid groups (broad SMARTS) is 1. The molecule has 1 unspecified atom stereocenters. The Morgan fingerprint density at radius 1 is 1.24 bits per heavy atom. The number of fused-ring (bicyclic) bond motifs is 3. The first-order valence-corrected chi connectivity index (χ1v) is 9.74. The monoisotopic (exact) mass is 454 g/mol. The number of aliphatic carboxylic acids is 1. The minimum absolute atomic E-state index is 0.0659. The molecule has 0 radical (unpaired) electrons. The van der Waals surface area contributed by atoms with E-state index < -0.39 is 24.0 Å². The highest BCUT2D eigenvalue weighted by molar-refractivity contribution is 5.91. The fourth-order valence-corrected chi connectivity index (χ4v) is 4.09. The molecule has 11 heteroatoms. The fraction of sp³-hybridized carbons (Fsp3) is 0.182. The molecule has 5 rings (SSSR count). The number of aromatic nitrogens is 3. The molecule has 0 amide bonds. The predicted molar refractivity (Wildman–Crippen MR) is 107 cm³/mol. The second-order valence-electron chi connectivity index (χ2n) is 7.54. The van der Waals surface area contributed by atoms with E-state index in [0.29, 0.717) is 24.1 Å². The van der Waals surface area contributed by atoms with Crippen molar-refractivity contribution in [2.24, 2.45) is 0 Å². The third-order valence-corrected chi connectivity index (χ3v) is 5.47. The maximum Gasteiger partial charge on any atom is 0.573 e. The van der Waals surface area contributed by atoms with Crippen LogP contribution in [0.2, 0.25) is 0 Å². The Morgan fingerprint density at radius 3 is 2.79 bits per heavy atom. The summed E-state index contributed by atoms with van der Waals surface area (Å²) in [6.45, 7) is 0. The maximum absolute atomic E-state index is 12.6. The van der Waals surface area contributed by atoms with Crippen LogP contribution in [0, 0.1) is 11.3 Å². The number of carbonyl (C=O) groups is 1. The summed E-state index contributed by atoms with van der Waals surface area (Å²) in [7, 11) is 0. The van der Waals surface area contributed by atoms with Crippen LogP contribution < -0.4 is 4.74 Å². The van der Waals surface area contributed by atoms with Crippen LogP contribution in [0.1, 0.15) is 29.2 Å². The van der Waals surface area contributed by atoms with Crippen LogP contribution in [0.15, 0.2) is 40.9 Å². The molecule has 1 atom stereocenters. The number of aromatic amines is 1. The molecule has 8 nitrogen and oxygen atoms in total. The zero-order chi connectivity index (χ0) is 23.3. The van der Waals surface area contributed by atoms with Crippen molar-refractivity contribution in [3.05, 3.63) is 53.2 Å². The van der Waals surface area contributed by atoms with E-state index in [-0.39, 0.29) is 22.8 Å². The molecule has 0 aliphatic heterocycles. The third-order valence-electron chi connectivity index (χ3n) is 5.47. The predicted octanol–water partition coefficient (Wildman–Crippen LogP) is 4.77. The van der Waals surface area contributed by atoms with Crippen LogP contribution in [0.3, 0.4) is 0 Å². The number of hydrogen-bond acceptors (Lipinski definition) is 6. The summed E-state index contributed by atoms with van der Waals surface area (Å²) in [5.74, 6) is -1.92. The maximum atomic E-state index is 12.6. The first-order valence-electron chi connectivity index (χ1n) is 9.74. The lowest BCUT2D eigenvalue weighted by molar-refractivity contribution is -0.274. The lowest BCUT2D eigenvalue weighted by atomic mass is 10.1. The molecule has 0 saturated heterocycles. The van der Waals surface area contributed by atoms with Crippen molar-refractivity contribution in [2.45, 2.75) is 25.1 Å². The molecular weight excluding hydrogens is 441 g/mol. The minimum atomic E-state index is -4.92. The van der Waals surface area contributed by atoms with E-state index in [0.717, 1.165) is 28.6 Å². The van der Waals surface area contributed by atoms with Crippen molar-refractivity contribution in [3.63, 3.8) is 0 Å². The summed E-state index contributed by atoms with van der Waals surface area (Å²) in [6, 6.07) is 10.4. The Hall–Kier alpha value is -4.33. The lowest BCUT2D eigenvalue weighted by Gasteiger charge is -2.09. The van der Waals surface area contributed by atoms with Crippen molar-refractivity contribution in [3.8, 4) is 34.7 Å². The number of alkyl halides is 3. The van der Waals surface area contributed by atoms with Crippen LogP contribution in [-0.2, 0) is 11.2 Å². The Kier molecular flexibility index (Phi) is 4.59. The van der Waals surface area contributed by atoms with Gasteiger partial charge in [0.2, 0.25) is 5.82 Å². The van der Waals surface area contributed by atoms with Crippen LogP contribution in [0.4, 0.5) is 13.2 Å². The molecule has 0 bridgehead atoms. The molecule has 0 spiro atoms. The molecule has 0 fully saturated rings. The van der Waals surface area contributed by atoms with E-state index in [1.165, 1.54) is 6.07 Å². The Bertz CT molecular complexity index is 1450. The zero-order valence-corrected chi connectivity index (χ0v) is 16.6. The lowest BCUT2D eigenvalue weighted by Crippen LogP contribution is -2.17. The number of H-pyrrole nitrogens is 1. The summed E-state index contributed by atoms with van der Waals surface area (Å²) in [4.78, 5) is 18.9. The average Bonchev–Trinajstić information content (AvgIpc) is 3.46. The van der Waals surface area contributed by atoms with Gasteiger partial charge < -0.3 is 19.4 Å². The molecule has 2 N–H and O–H groups in total. The van der Waals surface area contributed by atoms with Gasteiger partial charge in [-0.25, -0.2) is 0 Å². The molecule has 1 aliphatic carbocycles. The largest absolute Gasteiger partial charge is 0.573 e. The quantitative estimate of drug-likeness (QED) is 0.455. The highest BCUT2D eigenvalue weighted by atomic mass is 19.4. The molecule has 2 aromatic carbocycles. The Morgan fingerprint density at radius 2 is 2.06 bits per heavy atom. The number of nitrogens with zero attached hydrogens (tertiary/aromatic N) is 3. The normalized spacial score (nSPS) is 15.4. The van der Waals surface area contributed by atoms with E-state index in [9.17, 15) is 23.1 Å². The van der Waals surface area contributed by atoms with Crippen LogP contribution in [0.5, 0.6) is 5.75 Å². The Labute approximate surface area is 183 Å².